The molecule has 3 nitrogen and oxygen atoms in total. The van der Waals surface area contributed by atoms with Gasteiger partial charge in [0, 0.05) is 18.0 Å². The van der Waals surface area contributed by atoms with Gasteiger partial charge in [-0.15, -0.1) is 0 Å². The maximum Gasteiger partial charge on any atom is 0.220 e. The second-order valence-electron chi connectivity index (χ2n) is 6.33. The van der Waals surface area contributed by atoms with E-state index in [9.17, 15) is 4.79 Å². The van der Waals surface area contributed by atoms with Crippen molar-refractivity contribution in [2.75, 3.05) is 0 Å². The molecule has 2 aliphatic rings. The van der Waals surface area contributed by atoms with Crippen LogP contribution in [0, 0.1) is 5.92 Å². The van der Waals surface area contributed by atoms with Gasteiger partial charge >= 0.3 is 0 Å². The van der Waals surface area contributed by atoms with E-state index in [1.54, 1.807) is 0 Å². The molecule has 3 heteroatoms. The van der Waals surface area contributed by atoms with Crippen molar-refractivity contribution in [3.05, 3.63) is 35.4 Å². The minimum Gasteiger partial charge on any atom is -0.369 e. The maximum absolute atomic E-state index is 11.2. The van der Waals surface area contributed by atoms with Gasteiger partial charge in [0.05, 0.1) is 0 Å². The van der Waals surface area contributed by atoms with Crippen LogP contribution < -0.4 is 11.1 Å². The molecule has 1 aromatic rings. The van der Waals surface area contributed by atoms with E-state index in [4.69, 9.17) is 5.73 Å². The predicted molar refractivity (Wildman–Crippen MR) is 80.3 cm³/mol. The third kappa shape index (κ3) is 3.04. The molecule has 0 heterocycles. The zero-order chi connectivity index (χ0) is 13.9. The zero-order valence-corrected chi connectivity index (χ0v) is 12.0. The molecule has 0 aliphatic heterocycles. The molecule has 0 radical (unpaired) electrons. The summed E-state index contributed by atoms with van der Waals surface area (Å²) >= 11 is 0. The summed E-state index contributed by atoms with van der Waals surface area (Å²) in [6.07, 6.45) is 7.65. The Kier molecular flexibility index (Phi) is 4.06. The average Bonchev–Trinajstić information content (AvgIpc) is 2.48. The van der Waals surface area contributed by atoms with E-state index in [2.05, 4.69) is 29.6 Å². The molecule has 108 valence electrons. The summed E-state index contributed by atoms with van der Waals surface area (Å²) in [6, 6.07) is 9.95. The first kappa shape index (κ1) is 13.6. The number of benzene rings is 1. The summed E-state index contributed by atoms with van der Waals surface area (Å²) in [6.45, 7) is 0. The first-order valence-corrected chi connectivity index (χ1v) is 7.84. The van der Waals surface area contributed by atoms with Gasteiger partial charge in [0.1, 0.15) is 0 Å². The first-order valence-electron chi connectivity index (χ1n) is 7.84. The monoisotopic (exact) mass is 272 g/mol. The molecule has 1 aromatic carbocycles. The Balaban J connectivity index is 1.52. The van der Waals surface area contributed by atoms with Gasteiger partial charge in [0.2, 0.25) is 5.91 Å². The van der Waals surface area contributed by atoms with Crippen LogP contribution in [0.25, 0.3) is 0 Å². The van der Waals surface area contributed by atoms with E-state index >= 15 is 0 Å². The molecule has 0 bridgehead atoms. The number of aryl methyl sites for hydroxylation is 1. The lowest BCUT2D eigenvalue weighted by atomic mass is 9.83. The van der Waals surface area contributed by atoms with E-state index in [-0.39, 0.29) is 11.8 Å². The highest BCUT2D eigenvalue weighted by Gasteiger charge is 2.27. The SMILES string of the molecule is NC(=O)C1CCC(NC2CCc3ccccc3C2)CC1. The molecule has 3 N–H and O–H groups in total. The summed E-state index contributed by atoms with van der Waals surface area (Å²) in [5.74, 6) is -0.00447. The molecule has 2 aliphatic carbocycles. The van der Waals surface area contributed by atoms with Crippen LogP contribution in [0.2, 0.25) is 0 Å². The normalized spacial score (nSPS) is 29.7. The van der Waals surface area contributed by atoms with Crippen LogP contribution >= 0.6 is 0 Å². The molecule has 1 saturated carbocycles. The quantitative estimate of drug-likeness (QED) is 0.886. The van der Waals surface area contributed by atoms with Crippen LogP contribution in [0.15, 0.2) is 24.3 Å². The molecular weight excluding hydrogens is 248 g/mol. The van der Waals surface area contributed by atoms with Crippen molar-refractivity contribution in [1.82, 2.24) is 5.32 Å². The summed E-state index contributed by atoms with van der Waals surface area (Å²) in [7, 11) is 0. The Morgan fingerprint density at radius 3 is 2.40 bits per heavy atom. The Morgan fingerprint density at radius 1 is 1.00 bits per heavy atom. The van der Waals surface area contributed by atoms with Crippen molar-refractivity contribution < 1.29 is 4.79 Å². The summed E-state index contributed by atoms with van der Waals surface area (Å²) < 4.78 is 0. The van der Waals surface area contributed by atoms with Crippen LogP contribution in [0.3, 0.4) is 0 Å². The van der Waals surface area contributed by atoms with E-state index in [0.717, 1.165) is 32.1 Å². The van der Waals surface area contributed by atoms with Gasteiger partial charge in [-0.05, 0) is 56.1 Å². The molecule has 3 rings (SSSR count). The van der Waals surface area contributed by atoms with E-state index in [1.165, 1.54) is 24.0 Å². The highest BCUT2D eigenvalue weighted by molar-refractivity contribution is 5.76. The highest BCUT2D eigenvalue weighted by atomic mass is 16.1. The van der Waals surface area contributed by atoms with Crippen molar-refractivity contribution in [2.45, 2.75) is 57.0 Å². The lowest BCUT2D eigenvalue weighted by Gasteiger charge is -2.33. The fourth-order valence-corrected chi connectivity index (χ4v) is 3.72. The Morgan fingerprint density at radius 2 is 1.70 bits per heavy atom. The predicted octanol–water partition coefficient (Wildman–Crippen LogP) is 2.18. The van der Waals surface area contributed by atoms with Gasteiger partial charge in [-0.3, -0.25) is 4.79 Å². The number of carbonyl (C=O) groups is 1. The Labute approximate surface area is 120 Å². The first-order chi connectivity index (χ1) is 9.72. The van der Waals surface area contributed by atoms with Crippen molar-refractivity contribution in [2.24, 2.45) is 11.7 Å². The number of nitrogens with one attached hydrogen (secondary N) is 1. The minimum absolute atomic E-state index is 0.111. The summed E-state index contributed by atoms with van der Waals surface area (Å²) in [4.78, 5) is 11.2. The fourth-order valence-electron chi connectivity index (χ4n) is 3.72. The van der Waals surface area contributed by atoms with Crippen LogP contribution in [-0.4, -0.2) is 18.0 Å². The molecule has 0 saturated heterocycles. The van der Waals surface area contributed by atoms with Gasteiger partial charge in [0.25, 0.3) is 0 Å². The smallest absolute Gasteiger partial charge is 0.220 e. The summed E-state index contributed by atoms with van der Waals surface area (Å²) in [5, 5.41) is 3.81. The van der Waals surface area contributed by atoms with Crippen LogP contribution in [-0.2, 0) is 17.6 Å². The number of nitrogens with two attached hydrogens (primary N) is 1. The molecule has 1 atom stereocenters. The number of fused-ring (bicyclic) bond motifs is 1. The largest absolute Gasteiger partial charge is 0.369 e. The molecule has 0 aromatic heterocycles. The lowest BCUT2D eigenvalue weighted by Crippen LogP contribution is -2.44. The molecule has 0 spiro atoms. The van der Waals surface area contributed by atoms with E-state index in [0.29, 0.717) is 12.1 Å². The standard InChI is InChI=1S/C17H24N2O/c18-17(20)13-6-8-15(9-7-13)19-16-10-5-12-3-1-2-4-14(12)11-16/h1-4,13,15-16,19H,5-11H2,(H2,18,20). The van der Waals surface area contributed by atoms with Gasteiger partial charge in [-0.2, -0.15) is 0 Å². The lowest BCUT2D eigenvalue weighted by molar-refractivity contribution is -0.122. The number of hydrogen-bond acceptors (Lipinski definition) is 2. The molecule has 1 amide bonds. The Bertz CT molecular complexity index is 478. The van der Waals surface area contributed by atoms with Crippen molar-refractivity contribution in [3.8, 4) is 0 Å². The van der Waals surface area contributed by atoms with Crippen molar-refractivity contribution in [1.29, 1.82) is 0 Å². The second-order valence-corrected chi connectivity index (χ2v) is 6.33. The molecule has 1 unspecified atom stereocenters. The highest BCUT2D eigenvalue weighted by Crippen LogP contribution is 2.26. The fraction of sp³-hybridized carbons (Fsp3) is 0.588. The molecule has 1 fully saturated rings. The zero-order valence-electron chi connectivity index (χ0n) is 12.0. The Hall–Kier alpha value is -1.35. The van der Waals surface area contributed by atoms with Crippen LogP contribution in [0.5, 0.6) is 0 Å². The minimum atomic E-state index is -0.116. The molecular formula is C17H24N2O. The average molecular weight is 272 g/mol. The number of rotatable bonds is 3. The maximum atomic E-state index is 11.2. The van der Waals surface area contributed by atoms with Gasteiger partial charge in [-0.25, -0.2) is 0 Å². The van der Waals surface area contributed by atoms with Gasteiger partial charge < -0.3 is 11.1 Å². The molecule has 20 heavy (non-hydrogen) atoms. The van der Waals surface area contributed by atoms with Crippen LogP contribution in [0.4, 0.5) is 0 Å². The van der Waals surface area contributed by atoms with Gasteiger partial charge in [0.15, 0.2) is 0 Å². The van der Waals surface area contributed by atoms with E-state index in [1.807, 2.05) is 0 Å². The van der Waals surface area contributed by atoms with Crippen molar-refractivity contribution >= 4 is 5.91 Å². The number of primary amides is 1. The number of amides is 1. The topological polar surface area (TPSA) is 55.1 Å². The number of carbonyl (C=O) groups excluding carboxylic acids is 1. The van der Waals surface area contributed by atoms with Gasteiger partial charge in [-0.1, -0.05) is 24.3 Å². The second kappa shape index (κ2) is 5.96. The van der Waals surface area contributed by atoms with Crippen LogP contribution in [0.1, 0.15) is 43.2 Å². The summed E-state index contributed by atoms with van der Waals surface area (Å²) in [5.41, 5.74) is 8.41. The third-order valence-corrected chi connectivity index (χ3v) is 4.95. The van der Waals surface area contributed by atoms with Crippen molar-refractivity contribution in [3.63, 3.8) is 0 Å². The van der Waals surface area contributed by atoms with E-state index < -0.39 is 0 Å². The number of hydrogen-bond donors (Lipinski definition) is 2. The third-order valence-electron chi connectivity index (χ3n) is 4.95.